The fourth-order valence-electron chi connectivity index (χ4n) is 2.72. The number of aryl methyl sites for hydroxylation is 1. The molecule has 2 heteroatoms. The van der Waals surface area contributed by atoms with Crippen molar-refractivity contribution < 1.29 is 9.84 Å². The monoisotopic (exact) mass is 292 g/mol. The molecule has 112 valence electrons. The highest BCUT2D eigenvalue weighted by Gasteiger charge is 2.07. The Morgan fingerprint density at radius 3 is 2.41 bits per heavy atom. The van der Waals surface area contributed by atoms with Crippen molar-refractivity contribution in [2.45, 2.75) is 19.4 Å². The van der Waals surface area contributed by atoms with E-state index >= 15 is 0 Å². The van der Waals surface area contributed by atoms with Gasteiger partial charge in [-0.1, -0.05) is 60.7 Å². The van der Waals surface area contributed by atoms with Crippen LogP contribution in [0.5, 0.6) is 5.75 Å². The standard InChI is InChI=1S/C20H20O2/c21-15-19-18-11-5-4-10-17(18)12-13-20(19)22-14-6-9-16-7-2-1-3-8-16/h1-5,7-8,10-13,21H,6,9,14-15H2. The predicted molar refractivity (Wildman–Crippen MR) is 90.1 cm³/mol. The summed E-state index contributed by atoms with van der Waals surface area (Å²) >= 11 is 0. The minimum Gasteiger partial charge on any atom is -0.493 e. The first-order valence-electron chi connectivity index (χ1n) is 7.66. The van der Waals surface area contributed by atoms with Crippen LogP contribution >= 0.6 is 0 Å². The summed E-state index contributed by atoms with van der Waals surface area (Å²) in [4.78, 5) is 0. The molecule has 0 aliphatic rings. The average Bonchev–Trinajstić information content (AvgIpc) is 2.59. The van der Waals surface area contributed by atoms with E-state index in [1.165, 1.54) is 5.56 Å². The van der Waals surface area contributed by atoms with Gasteiger partial charge >= 0.3 is 0 Å². The Hall–Kier alpha value is -2.32. The van der Waals surface area contributed by atoms with Gasteiger partial charge in [0.25, 0.3) is 0 Å². The van der Waals surface area contributed by atoms with Gasteiger partial charge in [0.2, 0.25) is 0 Å². The molecule has 0 aromatic heterocycles. The largest absolute Gasteiger partial charge is 0.493 e. The first-order valence-corrected chi connectivity index (χ1v) is 7.66. The molecule has 0 saturated carbocycles. The number of ether oxygens (including phenoxy) is 1. The quantitative estimate of drug-likeness (QED) is 0.685. The first-order chi connectivity index (χ1) is 10.9. The van der Waals surface area contributed by atoms with E-state index < -0.39 is 0 Å². The van der Waals surface area contributed by atoms with Crippen LogP contribution in [0, 0.1) is 0 Å². The van der Waals surface area contributed by atoms with Gasteiger partial charge in [0.05, 0.1) is 13.2 Å². The zero-order valence-corrected chi connectivity index (χ0v) is 12.5. The van der Waals surface area contributed by atoms with Crippen molar-refractivity contribution in [1.29, 1.82) is 0 Å². The number of benzene rings is 3. The van der Waals surface area contributed by atoms with Crippen molar-refractivity contribution in [1.82, 2.24) is 0 Å². The van der Waals surface area contributed by atoms with Crippen molar-refractivity contribution in [3.63, 3.8) is 0 Å². The Morgan fingerprint density at radius 1 is 0.818 bits per heavy atom. The molecule has 0 amide bonds. The van der Waals surface area contributed by atoms with E-state index in [1.807, 2.05) is 42.5 Å². The maximum absolute atomic E-state index is 9.67. The molecule has 0 spiro atoms. The lowest BCUT2D eigenvalue weighted by molar-refractivity contribution is 0.263. The third-order valence-electron chi connectivity index (χ3n) is 3.87. The minimum absolute atomic E-state index is 0.00459. The zero-order valence-electron chi connectivity index (χ0n) is 12.5. The molecular weight excluding hydrogens is 272 g/mol. The summed E-state index contributed by atoms with van der Waals surface area (Å²) in [6, 6.07) is 22.5. The highest BCUT2D eigenvalue weighted by molar-refractivity contribution is 5.87. The molecule has 0 aliphatic carbocycles. The van der Waals surface area contributed by atoms with Crippen LogP contribution in [0.2, 0.25) is 0 Å². The van der Waals surface area contributed by atoms with Crippen molar-refractivity contribution >= 4 is 10.8 Å². The summed E-state index contributed by atoms with van der Waals surface area (Å²) in [6.07, 6.45) is 1.96. The van der Waals surface area contributed by atoms with E-state index in [-0.39, 0.29) is 6.61 Å². The van der Waals surface area contributed by atoms with Crippen LogP contribution in [-0.4, -0.2) is 11.7 Å². The van der Waals surface area contributed by atoms with Gasteiger partial charge in [0, 0.05) is 5.56 Å². The number of aliphatic hydroxyl groups excluding tert-OH is 1. The van der Waals surface area contributed by atoms with Crippen LogP contribution < -0.4 is 4.74 Å². The Morgan fingerprint density at radius 2 is 1.59 bits per heavy atom. The molecule has 2 nitrogen and oxygen atoms in total. The van der Waals surface area contributed by atoms with E-state index in [2.05, 4.69) is 24.3 Å². The second-order valence-electron chi connectivity index (χ2n) is 5.36. The topological polar surface area (TPSA) is 29.5 Å². The predicted octanol–water partition coefficient (Wildman–Crippen LogP) is 4.34. The second kappa shape index (κ2) is 7.10. The molecule has 0 aliphatic heterocycles. The van der Waals surface area contributed by atoms with E-state index in [1.54, 1.807) is 0 Å². The summed E-state index contributed by atoms with van der Waals surface area (Å²) in [6.45, 7) is 0.648. The lowest BCUT2D eigenvalue weighted by atomic mass is 10.0. The van der Waals surface area contributed by atoms with Gasteiger partial charge in [-0.25, -0.2) is 0 Å². The fraction of sp³-hybridized carbons (Fsp3) is 0.200. The zero-order chi connectivity index (χ0) is 15.2. The Labute approximate surface area is 131 Å². The highest BCUT2D eigenvalue weighted by Crippen LogP contribution is 2.28. The summed E-state index contributed by atoms with van der Waals surface area (Å²) in [5.41, 5.74) is 2.20. The van der Waals surface area contributed by atoms with E-state index in [0.717, 1.165) is 34.9 Å². The molecule has 0 atom stereocenters. The molecular formula is C20H20O2. The minimum atomic E-state index is -0.00459. The Kier molecular flexibility index (Phi) is 4.71. The Bertz CT molecular complexity index is 735. The van der Waals surface area contributed by atoms with Crippen LogP contribution in [0.3, 0.4) is 0 Å². The van der Waals surface area contributed by atoms with Crippen molar-refractivity contribution in [2.75, 3.05) is 6.61 Å². The van der Waals surface area contributed by atoms with Gasteiger partial charge in [-0.05, 0) is 35.2 Å². The van der Waals surface area contributed by atoms with Gasteiger partial charge in [0.1, 0.15) is 5.75 Å². The van der Waals surface area contributed by atoms with Crippen molar-refractivity contribution in [2.24, 2.45) is 0 Å². The number of fused-ring (bicyclic) bond motifs is 1. The molecule has 0 fully saturated rings. The van der Waals surface area contributed by atoms with Crippen molar-refractivity contribution in [3.05, 3.63) is 77.9 Å². The molecule has 0 saturated heterocycles. The first kappa shape index (κ1) is 14.6. The van der Waals surface area contributed by atoms with Gasteiger partial charge in [-0.15, -0.1) is 0 Å². The molecule has 3 rings (SSSR count). The lowest BCUT2D eigenvalue weighted by Crippen LogP contribution is -2.02. The lowest BCUT2D eigenvalue weighted by Gasteiger charge is -2.12. The van der Waals surface area contributed by atoms with Crippen molar-refractivity contribution in [3.8, 4) is 5.75 Å². The molecule has 0 unspecified atom stereocenters. The van der Waals surface area contributed by atoms with E-state index in [0.29, 0.717) is 6.61 Å². The number of aliphatic hydroxyl groups is 1. The maximum Gasteiger partial charge on any atom is 0.125 e. The summed E-state index contributed by atoms with van der Waals surface area (Å²) in [7, 11) is 0. The summed E-state index contributed by atoms with van der Waals surface area (Å²) in [5.74, 6) is 0.786. The maximum atomic E-state index is 9.67. The third-order valence-corrected chi connectivity index (χ3v) is 3.87. The smallest absolute Gasteiger partial charge is 0.125 e. The van der Waals surface area contributed by atoms with Gasteiger partial charge < -0.3 is 9.84 Å². The molecule has 22 heavy (non-hydrogen) atoms. The summed E-state index contributed by atoms with van der Waals surface area (Å²) in [5, 5.41) is 11.9. The van der Waals surface area contributed by atoms with Gasteiger partial charge in [0.15, 0.2) is 0 Å². The highest BCUT2D eigenvalue weighted by atomic mass is 16.5. The number of rotatable bonds is 6. The summed E-state index contributed by atoms with van der Waals surface area (Å²) < 4.78 is 5.90. The second-order valence-corrected chi connectivity index (χ2v) is 5.36. The van der Waals surface area contributed by atoms with Crippen LogP contribution in [0.15, 0.2) is 66.7 Å². The van der Waals surface area contributed by atoms with Crippen LogP contribution in [-0.2, 0) is 13.0 Å². The third kappa shape index (κ3) is 3.29. The van der Waals surface area contributed by atoms with Crippen LogP contribution in [0.25, 0.3) is 10.8 Å². The number of hydrogen-bond acceptors (Lipinski definition) is 2. The molecule has 0 bridgehead atoms. The van der Waals surface area contributed by atoms with E-state index in [4.69, 9.17) is 4.74 Å². The van der Waals surface area contributed by atoms with Gasteiger partial charge in [-0.3, -0.25) is 0 Å². The van der Waals surface area contributed by atoms with Crippen LogP contribution in [0.1, 0.15) is 17.5 Å². The van der Waals surface area contributed by atoms with E-state index in [9.17, 15) is 5.11 Å². The molecule has 0 radical (unpaired) electrons. The fourth-order valence-corrected chi connectivity index (χ4v) is 2.72. The van der Waals surface area contributed by atoms with Crippen LogP contribution in [0.4, 0.5) is 0 Å². The Balaban J connectivity index is 1.66. The molecule has 1 N–H and O–H groups in total. The average molecular weight is 292 g/mol. The SMILES string of the molecule is OCc1c(OCCCc2ccccc2)ccc2ccccc12. The molecule has 3 aromatic rings. The molecule has 3 aromatic carbocycles. The number of hydrogen-bond donors (Lipinski definition) is 1. The molecule has 0 heterocycles. The normalized spacial score (nSPS) is 10.8. The van der Waals surface area contributed by atoms with Gasteiger partial charge in [-0.2, -0.15) is 0 Å².